The Labute approximate surface area is 285 Å². The first kappa shape index (κ1) is 30.5. The molecule has 0 radical (unpaired) electrons. The summed E-state index contributed by atoms with van der Waals surface area (Å²) in [5, 5.41) is 100. The summed E-state index contributed by atoms with van der Waals surface area (Å²) in [5.74, 6) is -6.44. The third-order valence-corrected chi connectivity index (χ3v) is 9.62. The molecule has 0 atom stereocenters. The Balaban J connectivity index is 1.36. The minimum absolute atomic E-state index is 0.222. The first-order chi connectivity index (χ1) is 23.9. The van der Waals surface area contributed by atoms with Gasteiger partial charge in [-0.15, -0.1) is 0 Å². The highest BCUT2D eigenvalue weighted by atomic mass is 16.5. The minimum Gasteiger partial charge on any atom is -0.508 e. The monoisotopic (exact) mass is 664 g/mol. The van der Waals surface area contributed by atoms with Crippen molar-refractivity contribution >= 4 is 48.2 Å². The second-order valence-corrected chi connectivity index (χ2v) is 12.3. The standard InChI is InChI=1S/C38H26B2O10/c39-28-24(25-27(36(47)37(28)48)30(41)29(40)38(49)33(25)44)26-34(45)31(42)23(32(43)35(26)46)19-12-11-18-16-10-9-15(14-5-2-1-3-6-14)13-21(16)50-20-8-4-7-17(19)22(18)20/h1-13,41-49H,39-40H2. The van der Waals surface area contributed by atoms with Crippen molar-refractivity contribution in [3.05, 3.63) is 78.9 Å². The van der Waals surface area contributed by atoms with Gasteiger partial charge >= 0.3 is 0 Å². The zero-order valence-corrected chi connectivity index (χ0v) is 26.4. The smallest absolute Gasteiger partial charge is 0.170 e. The molecule has 8 rings (SSSR count). The number of hydrogen-bond donors (Lipinski definition) is 9. The molecule has 0 unspecified atom stereocenters. The van der Waals surface area contributed by atoms with E-state index in [0.717, 1.165) is 22.3 Å². The van der Waals surface area contributed by atoms with Crippen LogP contribution in [0.5, 0.6) is 63.2 Å². The molecule has 50 heavy (non-hydrogen) atoms. The summed E-state index contributed by atoms with van der Waals surface area (Å²) in [7, 11) is 2.53. The number of benzene rings is 7. The van der Waals surface area contributed by atoms with Gasteiger partial charge in [0.25, 0.3) is 0 Å². The van der Waals surface area contributed by atoms with Crippen LogP contribution in [-0.4, -0.2) is 61.7 Å². The molecular formula is C38H26B2O10. The molecule has 0 amide bonds. The summed E-state index contributed by atoms with van der Waals surface area (Å²) >= 11 is 0. The van der Waals surface area contributed by atoms with Crippen molar-refractivity contribution in [2.45, 2.75) is 0 Å². The first-order valence-electron chi connectivity index (χ1n) is 15.5. The molecule has 10 nitrogen and oxygen atoms in total. The molecular weight excluding hydrogens is 638 g/mol. The number of rotatable bonds is 3. The Morgan fingerprint density at radius 3 is 1.68 bits per heavy atom. The maximum atomic E-state index is 11.5. The quantitative estimate of drug-likeness (QED) is 0.0731. The van der Waals surface area contributed by atoms with Crippen LogP contribution in [-0.2, 0) is 0 Å². The minimum atomic E-state index is -0.959. The molecule has 7 aromatic rings. The maximum Gasteiger partial charge on any atom is 0.170 e. The lowest BCUT2D eigenvalue weighted by molar-refractivity contribution is 0.378. The van der Waals surface area contributed by atoms with Crippen molar-refractivity contribution in [1.29, 1.82) is 0 Å². The molecule has 0 aliphatic carbocycles. The zero-order chi connectivity index (χ0) is 35.3. The van der Waals surface area contributed by atoms with Gasteiger partial charge in [0, 0.05) is 16.3 Å². The van der Waals surface area contributed by atoms with Crippen LogP contribution in [0.25, 0.3) is 66.1 Å². The Kier molecular flexibility index (Phi) is 6.47. The van der Waals surface area contributed by atoms with E-state index < -0.39 is 68.1 Å². The van der Waals surface area contributed by atoms with Crippen LogP contribution < -0.4 is 15.7 Å². The molecule has 1 aliphatic heterocycles. The van der Waals surface area contributed by atoms with E-state index in [-0.39, 0.29) is 27.6 Å². The number of hydrogen-bond acceptors (Lipinski definition) is 10. The first-order valence-corrected chi connectivity index (χ1v) is 15.5. The highest BCUT2D eigenvalue weighted by Gasteiger charge is 2.33. The summed E-state index contributed by atoms with van der Waals surface area (Å²) in [6.45, 7) is 0. The molecule has 0 bridgehead atoms. The van der Waals surface area contributed by atoms with E-state index in [1.54, 1.807) is 30.3 Å². The predicted octanol–water partition coefficient (Wildman–Crippen LogP) is 4.63. The lowest BCUT2D eigenvalue weighted by atomic mass is 9.78. The van der Waals surface area contributed by atoms with Crippen LogP contribution in [0, 0.1) is 0 Å². The SMILES string of the molecule is Bc1c(O)c(O)c2c(-c3c(O)c(O)c(-c4ccc5c6c(cccc46)Oc4cc(-c6ccccc6)ccc4-5)c(O)c3O)c(B)c(O)c(O)c2c1O. The normalized spacial score (nSPS) is 11.8. The average Bonchev–Trinajstić information content (AvgIpc) is 3.13. The fourth-order valence-electron chi connectivity index (χ4n) is 7.07. The number of fused-ring (bicyclic) bond motifs is 3. The number of phenols is 9. The van der Waals surface area contributed by atoms with Crippen molar-refractivity contribution in [3.63, 3.8) is 0 Å². The molecule has 9 N–H and O–H groups in total. The third-order valence-electron chi connectivity index (χ3n) is 9.62. The van der Waals surface area contributed by atoms with E-state index >= 15 is 0 Å². The number of phenolic OH excluding ortho intramolecular Hbond substituents is 9. The van der Waals surface area contributed by atoms with Gasteiger partial charge in [0.2, 0.25) is 0 Å². The van der Waals surface area contributed by atoms with E-state index in [1.165, 1.54) is 15.7 Å². The van der Waals surface area contributed by atoms with E-state index in [1.807, 2.05) is 48.5 Å². The average molecular weight is 664 g/mol. The fraction of sp³-hybridized carbons (Fsp3) is 0. The van der Waals surface area contributed by atoms with Crippen molar-refractivity contribution in [3.8, 4) is 108 Å². The largest absolute Gasteiger partial charge is 0.508 e. The van der Waals surface area contributed by atoms with Gasteiger partial charge in [0.05, 0.1) is 16.5 Å². The van der Waals surface area contributed by atoms with Crippen LogP contribution in [0.1, 0.15) is 0 Å². The van der Waals surface area contributed by atoms with Gasteiger partial charge in [0.15, 0.2) is 46.0 Å². The lowest BCUT2D eigenvalue weighted by Gasteiger charge is -2.24. The fourth-order valence-corrected chi connectivity index (χ4v) is 7.07. The summed E-state index contributed by atoms with van der Waals surface area (Å²) < 4.78 is 6.37. The van der Waals surface area contributed by atoms with Crippen molar-refractivity contribution in [2.75, 3.05) is 0 Å². The Morgan fingerprint density at radius 2 is 0.980 bits per heavy atom. The molecule has 0 saturated carbocycles. The van der Waals surface area contributed by atoms with Gasteiger partial charge < -0.3 is 50.7 Å². The second kappa shape index (κ2) is 10.6. The van der Waals surface area contributed by atoms with Crippen LogP contribution >= 0.6 is 0 Å². The van der Waals surface area contributed by atoms with Crippen molar-refractivity contribution in [2.24, 2.45) is 0 Å². The molecule has 0 saturated heterocycles. The molecule has 1 heterocycles. The van der Waals surface area contributed by atoms with Crippen LogP contribution in [0.2, 0.25) is 0 Å². The van der Waals surface area contributed by atoms with Gasteiger partial charge in [-0.25, -0.2) is 0 Å². The highest BCUT2D eigenvalue weighted by Crippen LogP contribution is 2.60. The van der Waals surface area contributed by atoms with Crippen molar-refractivity contribution in [1.82, 2.24) is 0 Å². The molecule has 12 heteroatoms. The lowest BCUT2D eigenvalue weighted by Crippen LogP contribution is -2.12. The summed E-state index contributed by atoms with van der Waals surface area (Å²) in [4.78, 5) is 0. The number of aromatic hydroxyl groups is 9. The van der Waals surface area contributed by atoms with E-state index in [0.29, 0.717) is 22.3 Å². The molecule has 0 spiro atoms. The van der Waals surface area contributed by atoms with Crippen LogP contribution in [0.4, 0.5) is 0 Å². The third kappa shape index (κ3) is 3.99. The van der Waals surface area contributed by atoms with E-state index in [9.17, 15) is 46.0 Å². The van der Waals surface area contributed by atoms with Gasteiger partial charge in [-0.05, 0) is 62.3 Å². The summed E-state index contributed by atoms with van der Waals surface area (Å²) in [6.07, 6.45) is 0. The molecule has 0 fully saturated rings. The van der Waals surface area contributed by atoms with Gasteiger partial charge in [-0.2, -0.15) is 0 Å². The summed E-state index contributed by atoms with van der Waals surface area (Å²) in [6, 6.07) is 24.5. The zero-order valence-electron chi connectivity index (χ0n) is 26.4. The maximum absolute atomic E-state index is 11.5. The van der Waals surface area contributed by atoms with Gasteiger partial charge in [0.1, 0.15) is 32.9 Å². The number of ether oxygens (including phenoxy) is 1. The molecule has 1 aliphatic rings. The second-order valence-electron chi connectivity index (χ2n) is 12.3. The molecule has 244 valence electrons. The summed E-state index contributed by atoms with van der Waals surface area (Å²) in [5.41, 5.74) is 2.05. The van der Waals surface area contributed by atoms with Crippen molar-refractivity contribution < 1.29 is 50.7 Å². The van der Waals surface area contributed by atoms with Crippen LogP contribution in [0.3, 0.4) is 0 Å². The van der Waals surface area contributed by atoms with Gasteiger partial charge in [-0.1, -0.05) is 60.7 Å². The Hall–Kier alpha value is -6.81. The predicted molar refractivity (Wildman–Crippen MR) is 195 cm³/mol. The molecule has 7 aromatic carbocycles. The Bertz CT molecular complexity index is 2600. The van der Waals surface area contributed by atoms with E-state index in [4.69, 9.17) is 4.74 Å². The van der Waals surface area contributed by atoms with Crippen LogP contribution in [0.15, 0.2) is 78.9 Å². The van der Waals surface area contributed by atoms with Gasteiger partial charge in [-0.3, -0.25) is 0 Å². The Morgan fingerprint density at radius 1 is 0.380 bits per heavy atom. The molecule has 0 aromatic heterocycles. The highest BCUT2D eigenvalue weighted by molar-refractivity contribution is 6.44. The topological polar surface area (TPSA) is 191 Å². The van der Waals surface area contributed by atoms with E-state index in [2.05, 4.69) is 0 Å².